The van der Waals surface area contributed by atoms with E-state index in [1.165, 1.54) is 12.1 Å². The molecule has 28 heavy (non-hydrogen) atoms. The highest BCUT2D eigenvalue weighted by atomic mass is 32.2. The average molecular weight is 406 g/mol. The number of ether oxygens (including phenoxy) is 2. The number of aliphatic imine (C=N–C) groups is 1. The smallest absolute Gasteiger partial charge is 0.264 e. The van der Waals surface area contributed by atoms with E-state index >= 15 is 0 Å². The largest absolute Gasteiger partial charge is 0.486 e. The van der Waals surface area contributed by atoms with Crippen molar-refractivity contribution in [3.63, 3.8) is 0 Å². The second-order valence-electron chi connectivity index (χ2n) is 6.35. The van der Waals surface area contributed by atoms with E-state index in [4.69, 9.17) is 9.47 Å². The summed E-state index contributed by atoms with van der Waals surface area (Å²) in [6.45, 7) is 2.43. The first-order chi connectivity index (χ1) is 13.5. The van der Waals surface area contributed by atoms with Gasteiger partial charge in [0.2, 0.25) is 5.96 Å². The third kappa shape index (κ3) is 4.18. The summed E-state index contributed by atoms with van der Waals surface area (Å²) >= 11 is 0. The van der Waals surface area contributed by atoms with Crippen molar-refractivity contribution in [2.24, 2.45) is 4.99 Å². The molecule has 2 aliphatic rings. The van der Waals surface area contributed by atoms with Crippen molar-refractivity contribution in [3.8, 4) is 11.5 Å². The molecule has 0 radical (unpaired) electrons. The van der Waals surface area contributed by atoms with Crippen LogP contribution in [-0.4, -0.2) is 45.8 Å². The number of hydrogen-bond donors (Lipinski definition) is 2. The third-order valence-corrected chi connectivity index (χ3v) is 5.62. The molecular weight excluding hydrogens is 387 g/mol. The molecule has 0 aromatic heterocycles. The summed E-state index contributed by atoms with van der Waals surface area (Å²) in [4.78, 5) is 6.20. The van der Waals surface area contributed by atoms with Crippen molar-refractivity contribution in [2.45, 2.75) is 11.4 Å². The Hall–Kier alpha value is -2.85. The first kappa shape index (κ1) is 18.5. The normalized spacial score (nSPS) is 16.8. The first-order valence-corrected chi connectivity index (χ1v) is 10.2. The molecule has 2 aromatic rings. The molecule has 2 aromatic carbocycles. The summed E-state index contributed by atoms with van der Waals surface area (Å²) in [5.41, 5.74) is 1.04. The van der Waals surface area contributed by atoms with Crippen LogP contribution < -0.4 is 19.5 Å². The van der Waals surface area contributed by atoms with Crippen LogP contribution in [0.5, 0.6) is 11.5 Å². The monoisotopic (exact) mass is 406 g/mol. The first-order valence-electron chi connectivity index (χ1n) is 8.67. The van der Waals surface area contributed by atoms with Gasteiger partial charge in [0.1, 0.15) is 19.0 Å². The van der Waals surface area contributed by atoms with E-state index in [1.807, 2.05) is 23.1 Å². The van der Waals surface area contributed by atoms with Gasteiger partial charge in [-0.25, -0.2) is 22.5 Å². The van der Waals surface area contributed by atoms with E-state index in [2.05, 4.69) is 15.0 Å². The van der Waals surface area contributed by atoms with Crippen molar-refractivity contribution in [2.75, 3.05) is 26.6 Å². The number of guanidine groups is 1. The molecule has 0 atom stereocenters. The van der Waals surface area contributed by atoms with Crippen LogP contribution in [0.25, 0.3) is 0 Å². The van der Waals surface area contributed by atoms with Crippen molar-refractivity contribution in [1.29, 1.82) is 0 Å². The lowest BCUT2D eigenvalue weighted by Crippen LogP contribution is -2.49. The standard InChI is InChI=1S/C18H19FN4O4S/c19-14-2-4-15(5-3-14)28(24,25)22-18-20-11-23(12-21-18)10-13-1-6-16-17(9-13)27-8-7-26-16/h1-6,9H,7-8,10-12H2,(H2,20,21,22). The average Bonchev–Trinajstić information content (AvgIpc) is 2.69. The molecule has 0 aliphatic carbocycles. The number of benzene rings is 2. The van der Waals surface area contributed by atoms with Crippen molar-refractivity contribution < 1.29 is 22.3 Å². The maximum Gasteiger partial charge on any atom is 0.264 e. The van der Waals surface area contributed by atoms with Gasteiger partial charge in [0.05, 0.1) is 18.2 Å². The number of rotatable bonds is 4. The number of nitrogens with one attached hydrogen (secondary N) is 2. The SMILES string of the molecule is O=S(=O)(NC1=NCN(Cc2ccc3c(c2)OCCO3)CN1)c1ccc(F)cc1. The van der Waals surface area contributed by atoms with E-state index in [-0.39, 0.29) is 10.9 Å². The van der Waals surface area contributed by atoms with Gasteiger partial charge in [-0.3, -0.25) is 4.90 Å². The van der Waals surface area contributed by atoms with E-state index in [1.54, 1.807) is 0 Å². The molecule has 2 aliphatic heterocycles. The Labute approximate surface area is 162 Å². The van der Waals surface area contributed by atoms with Crippen molar-refractivity contribution in [3.05, 3.63) is 53.8 Å². The number of sulfonamides is 1. The topological polar surface area (TPSA) is 92.3 Å². The summed E-state index contributed by atoms with van der Waals surface area (Å²) in [6, 6.07) is 10.4. The fourth-order valence-corrected chi connectivity index (χ4v) is 3.89. The van der Waals surface area contributed by atoms with E-state index < -0.39 is 15.8 Å². The zero-order valence-electron chi connectivity index (χ0n) is 14.9. The molecule has 2 N–H and O–H groups in total. The van der Waals surface area contributed by atoms with Crippen LogP contribution in [-0.2, 0) is 16.6 Å². The van der Waals surface area contributed by atoms with Gasteiger partial charge in [-0.15, -0.1) is 0 Å². The number of nitrogens with zero attached hydrogens (tertiary/aromatic N) is 2. The minimum absolute atomic E-state index is 0.0305. The molecule has 0 fully saturated rings. The Kier molecular flexibility index (Phi) is 5.05. The zero-order chi connectivity index (χ0) is 19.6. The molecule has 10 heteroatoms. The summed E-state index contributed by atoms with van der Waals surface area (Å²) in [5, 5.41) is 2.94. The molecule has 0 saturated carbocycles. The molecular formula is C18H19FN4O4S. The maximum atomic E-state index is 13.0. The van der Waals surface area contributed by atoms with Crippen LogP contribution in [0.15, 0.2) is 52.4 Å². The number of fused-ring (bicyclic) bond motifs is 1. The van der Waals surface area contributed by atoms with E-state index in [0.29, 0.717) is 33.1 Å². The van der Waals surface area contributed by atoms with Gasteiger partial charge in [0.15, 0.2) is 11.5 Å². The van der Waals surface area contributed by atoms with Gasteiger partial charge in [0.25, 0.3) is 10.0 Å². The van der Waals surface area contributed by atoms with Crippen LogP contribution in [0.3, 0.4) is 0 Å². The highest BCUT2D eigenvalue weighted by Gasteiger charge is 2.20. The molecule has 4 rings (SSSR count). The zero-order valence-corrected chi connectivity index (χ0v) is 15.7. The third-order valence-electron chi connectivity index (χ3n) is 4.27. The molecule has 0 amide bonds. The molecule has 0 bridgehead atoms. The Morgan fingerprint density at radius 3 is 2.57 bits per heavy atom. The summed E-state index contributed by atoms with van der Waals surface area (Å²) in [7, 11) is -3.82. The van der Waals surface area contributed by atoms with E-state index in [0.717, 1.165) is 29.2 Å². The Balaban J connectivity index is 1.37. The van der Waals surface area contributed by atoms with Gasteiger partial charge in [0, 0.05) is 6.54 Å². The second-order valence-corrected chi connectivity index (χ2v) is 8.03. The summed E-state index contributed by atoms with van der Waals surface area (Å²) in [5.74, 6) is 1.12. The Morgan fingerprint density at radius 1 is 1.11 bits per heavy atom. The van der Waals surface area contributed by atoms with Gasteiger partial charge < -0.3 is 14.8 Å². The number of halogens is 1. The molecule has 148 valence electrons. The van der Waals surface area contributed by atoms with Crippen molar-refractivity contribution >= 4 is 16.0 Å². The number of hydrogen-bond acceptors (Lipinski definition) is 7. The van der Waals surface area contributed by atoms with Gasteiger partial charge >= 0.3 is 0 Å². The van der Waals surface area contributed by atoms with Crippen molar-refractivity contribution in [1.82, 2.24) is 14.9 Å². The van der Waals surface area contributed by atoms with E-state index in [9.17, 15) is 12.8 Å². The van der Waals surface area contributed by atoms with Gasteiger partial charge in [-0.05, 0) is 42.0 Å². The van der Waals surface area contributed by atoms with Crippen LogP contribution in [0.1, 0.15) is 5.56 Å². The molecule has 8 nitrogen and oxygen atoms in total. The lowest BCUT2D eigenvalue weighted by atomic mass is 10.2. The quantitative estimate of drug-likeness (QED) is 0.794. The predicted molar refractivity (Wildman–Crippen MR) is 100 cm³/mol. The lowest BCUT2D eigenvalue weighted by molar-refractivity contribution is 0.171. The van der Waals surface area contributed by atoms with Gasteiger partial charge in [-0.1, -0.05) is 6.07 Å². The van der Waals surface area contributed by atoms with Crippen LogP contribution in [0.2, 0.25) is 0 Å². The van der Waals surface area contributed by atoms with Crippen LogP contribution in [0.4, 0.5) is 4.39 Å². The molecule has 0 unspecified atom stereocenters. The Bertz CT molecular complexity index is 995. The summed E-state index contributed by atoms with van der Waals surface area (Å²) < 4.78 is 51.1. The second kappa shape index (κ2) is 7.64. The Morgan fingerprint density at radius 2 is 1.86 bits per heavy atom. The van der Waals surface area contributed by atoms with Gasteiger partial charge in [-0.2, -0.15) is 0 Å². The van der Waals surface area contributed by atoms with Crippen LogP contribution in [0, 0.1) is 5.82 Å². The fraction of sp³-hybridized carbons (Fsp3) is 0.278. The minimum atomic E-state index is -3.82. The minimum Gasteiger partial charge on any atom is -0.486 e. The summed E-state index contributed by atoms with van der Waals surface area (Å²) in [6.07, 6.45) is 0. The highest BCUT2D eigenvalue weighted by molar-refractivity contribution is 7.90. The molecule has 0 spiro atoms. The molecule has 2 heterocycles. The predicted octanol–water partition coefficient (Wildman–Crippen LogP) is 1.25. The fourth-order valence-electron chi connectivity index (χ4n) is 2.88. The van der Waals surface area contributed by atoms with Crippen LogP contribution >= 0.6 is 0 Å². The molecule has 0 saturated heterocycles. The maximum absolute atomic E-state index is 13.0. The lowest BCUT2D eigenvalue weighted by Gasteiger charge is -2.27. The highest BCUT2D eigenvalue weighted by Crippen LogP contribution is 2.31.